The molecule has 0 aliphatic carbocycles. The Morgan fingerprint density at radius 3 is 2.42 bits per heavy atom. The van der Waals surface area contributed by atoms with Crippen LogP contribution < -0.4 is 10.4 Å². The summed E-state index contributed by atoms with van der Waals surface area (Å²) in [6, 6.07) is 12.4. The number of rotatable bonds is 7. The summed E-state index contributed by atoms with van der Waals surface area (Å²) in [6.07, 6.45) is 5.19. The first-order chi connectivity index (χ1) is 15.8. The summed E-state index contributed by atoms with van der Waals surface area (Å²) < 4.78 is 5.60. The van der Waals surface area contributed by atoms with Crippen molar-refractivity contribution in [2.75, 3.05) is 45.6 Å². The number of hydrogen-bond acceptors (Lipinski definition) is 6. The van der Waals surface area contributed by atoms with Crippen LogP contribution >= 0.6 is 46.6 Å². The number of hydrogen-bond donors (Lipinski definition) is 1. The van der Waals surface area contributed by atoms with E-state index in [1.165, 1.54) is 16.7 Å². The van der Waals surface area contributed by atoms with Gasteiger partial charge in [-0.05, 0) is 50.0 Å². The fourth-order valence-corrected chi connectivity index (χ4v) is 6.63. The molecule has 2 aromatic carbocycles. The van der Waals surface area contributed by atoms with Crippen molar-refractivity contribution in [2.24, 2.45) is 0 Å². The highest BCUT2D eigenvalue weighted by Gasteiger charge is 2.44. The first-order valence-corrected chi connectivity index (χ1v) is 13.1. The Bertz CT molecular complexity index is 1030. The van der Waals surface area contributed by atoms with E-state index in [-0.39, 0.29) is 0 Å². The Morgan fingerprint density at radius 1 is 1.15 bits per heavy atom. The van der Waals surface area contributed by atoms with E-state index in [4.69, 9.17) is 39.5 Å². The minimum absolute atomic E-state index is 0.296. The molecule has 4 rings (SSSR count). The predicted octanol–water partition coefficient (Wildman–Crippen LogP) is 5.51. The summed E-state index contributed by atoms with van der Waals surface area (Å²) in [4.78, 5) is 4.23. The zero-order valence-corrected chi connectivity index (χ0v) is 22.3. The number of nitrogens with zero attached hydrogens (tertiary/aromatic N) is 3. The fourth-order valence-electron chi connectivity index (χ4n) is 4.69. The van der Waals surface area contributed by atoms with E-state index in [2.05, 4.69) is 66.0 Å². The molecule has 2 atom stereocenters. The molecule has 33 heavy (non-hydrogen) atoms. The fraction of sp³-hybridized carbons (Fsp3) is 0.417. The maximum Gasteiger partial charge on any atom is 0.161 e. The van der Waals surface area contributed by atoms with Gasteiger partial charge in [-0.25, -0.2) is 0 Å². The summed E-state index contributed by atoms with van der Waals surface area (Å²) in [5.74, 6) is 0. The van der Waals surface area contributed by atoms with Crippen molar-refractivity contribution in [3.63, 3.8) is 0 Å². The highest BCUT2D eigenvalue weighted by atomic mass is 35.5. The number of methoxy groups -OCH3 is 1. The molecule has 2 aliphatic rings. The lowest BCUT2D eigenvalue weighted by Crippen LogP contribution is -2.57. The van der Waals surface area contributed by atoms with Gasteiger partial charge >= 0.3 is 0 Å². The van der Waals surface area contributed by atoms with Gasteiger partial charge in [0.15, 0.2) is 4.99 Å². The molecule has 0 saturated carbocycles. The van der Waals surface area contributed by atoms with Gasteiger partial charge in [-0.3, -0.25) is 14.8 Å². The number of thioether (sulfide) groups is 1. The number of nitrogens with one attached hydrogen (secondary N) is 1. The third-order valence-corrected chi connectivity index (χ3v) is 8.44. The quantitative estimate of drug-likeness (QED) is 0.478. The van der Waals surface area contributed by atoms with Crippen molar-refractivity contribution in [3.8, 4) is 0 Å². The number of anilines is 1. The van der Waals surface area contributed by atoms with Gasteiger partial charge in [0.05, 0.1) is 22.3 Å². The number of hydrazine groups is 1. The number of halogens is 3. The maximum absolute atomic E-state index is 6.56. The van der Waals surface area contributed by atoms with E-state index < -0.39 is 4.99 Å². The molecule has 2 heterocycles. The second-order valence-electron chi connectivity index (χ2n) is 8.58. The van der Waals surface area contributed by atoms with Gasteiger partial charge < -0.3 is 4.74 Å². The molecule has 0 radical (unpaired) electrons. The normalized spacial score (nSPS) is 23.2. The first-order valence-electron chi connectivity index (χ1n) is 10.7. The highest BCUT2D eigenvalue weighted by molar-refractivity contribution is 8.00. The zero-order valence-electron chi connectivity index (χ0n) is 19.2. The van der Waals surface area contributed by atoms with Crippen LogP contribution in [0.25, 0.3) is 0 Å². The van der Waals surface area contributed by atoms with Crippen LogP contribution in [-0.2, 0) is 17.7 Å². The average molecular weight is 528 g/mol. The van der Waals surface area contributed by atoms with Crippen molar-refractivity contribution in [1.29, 1.82) is 0 Å². The van der Waals surface area contributed by atoms with Crippen LogP contribution in [-0.4, -0.2) is 61.4 Å². The van der Waals surface area contributed by atoms with Gasteiger partial charge in [0, 0.05) is 43.0 Å². The summed E-state index contributed by atoms with van der Waals surface area (Å²) in [5.41, 5.74) is 8.31. The van der Waals surface area contributed by atoms with Gasteiger partial charge in [-0.1, -0.05) is 59.1 Å². The molecule has 0 aromatic heterocycles. The molecule has 2 aliphatic heterocycles. The monoisotopic (exact) mass is 526 g/mol. The molecule has 1 N–H and O–H groups in total. The lowest BCUT2D eigenvalue weighted by molar-refractivity contribution is 0.0802. The first kappa shape index (κ1) is 25.1. The van der Waals surface area contributed by atoms with Gasteiger partial charge in [-0.2, -0.15) is 5.43 Å². The second-order valence-corrected chi connectivity index (χ2v) is 10.8. The van der Waals surface area contributed by atoms with E-state index in [0.29, 0.717) is 33.4 Å². The van der Waals surface area contributed by atoms with Gasteiger partial charge in [0.25, 0.3) is 0 Å². The minimum Gasteiger partial charge on any atom is -0.383 e. The lowest BCUT2D eigenvalue weighted by atomic mass is 9.93. The summed E-state index contributed by atoms with van der Waals surface area (Å²) in [7, 11) is 5.92. The summed E-state index contributed by atoms with van der Waals surface area (Å²) >= 11 is 21.0. The van der Waals surface area contributed by atoms with E-state index in [1.807, 2.05) is 5.01 Å². The molecule has 5 nitrogen and oxygen atoms in total. The third kappa shape index (κ3) is 4.91. The van der Waals surface area contributed by atoms with Crippen LogP contribution in [0.3, 0.4) is 0 Å². The standard InChI is InChI=1S/C24H29Cl3N4OS/c1-29(2)24(33-4)18(14-31(28-24)23-21(26)10-19(25)11-22(23)27)13-30-12-17-8-6-5-7-16(17)9-20(30)15-32-3/h5-8,10-11,14,20,28H,9,12-13,15H2,1-4H3. The van der Waals surface area contributed by atoms with E-state index in [9.17, 15) is 0 Å². The molecule has 2 unspecified atom stereocenters. The number of benzene rings is 2. The van der Waals surface area contributed by atoms with Crippen LogP contribution in [0.4, 0.5) is 5.69 Å². The molecule has 0 bridgehead atoms. The van der Waals surface area contributed by atoms with Crippen LogP contribution in [0.5, 0.6) is 0 Å². The SMILES string of the molecule is COCC1Cc2ccccc2CN1CC1=CN(c2c(Cl)cc(Cl)cc2Cl)NC1(SC)N(C)C. The molecule has 2 aromatic rings. The zero-order chi connectivity index (χ0) is 23.8. The molecule has 0 amide bonds. The van der Waals surface area contributed by atoms with Crippen molar-refractivity contribution in [1.82, 2.24) is 15.2 Å². The third-order valence-electron chi connectivity index (χ3n) is 6.34. The smallest absolute Gasteiger partial charge is 0.161 e. The molecular weight excluding hydrogens is 499 g/mol. The maximum atomic E-state index is 6.56. The Hall–Kier alpha value is -0.960. The Labute approximate surface area is 215 Å². The average Bonchev–Trinajstić information content (AvgIpc) is 3.12. The van der Waals surface area contributed by atoms with Gasteiger partial charge in [0.1, 0.15) is 0 Å². The largest absolute Gasteiger partial charge is 0.383 e. The Balaban J connectivity index is 1.71. The topological polar surface area (TPSA) is 31.0 Å². The van der Waals surface area contributed by atoms with Crippen LogP contribution in [0.1, 0.15) is 11.1 Å². The van der Waals surface area contributed by atoms with Crippen LogP contribution in [0.15, 0.2) is 48.2 Å². The number of fused-ring (bicyclic) bond motifs is 1. The second kappa shape index (κ2) is 10.3. The highest BCUT2D eigenvalue weighted by Crippen LogP contribution is 2.43. The molecule has 0 spiro atoms. The van der Waals surface area contributed by atoms with Gasteiger partial charge in [0.2, 0.25) is 0 Å². The Morgan fingerprint density at radius 2 is 1.82 bits per heavy atom. The molecule has 178 valence electrons. The minimum atomic E-state index is -0.457. The summed E-state index contributed by atoms with van der Waals surface area (Å²) in [5, 5.41) is 3.43. The van der Waals surface area contributed by atoms with Crippen LogP contribution in [0.2, 0.25) is 15.1 Å². The molecule has 9 heteroatoms. The number of ether oxygens (including phenoxy) is 1. The van der Waals surface area contributed by atoms with Gasteiger partial charge in [-0.15, -0.1) is 11.8 Å². The molecule has 0 fully saturated rings. The van der Waals surface area contributed by atoms with Crippen molar-refractivity contribution >= 4 is 52.3 Å². The van der Waals surface area contributed by atoms with E-state index in [1.54, 1.807) is 31.0 Å². The van der Waals surface area contributed by atoms with E-state index >= 15 is 0 Å². The lowest BCUT2D eigenvalue weighted by Gasteiger charge is -2.42. The number of likely N-dealkylation sites (N-methyl/N-ethyl adjacent to an activating group) is 1. The molecular formula is C24H29Cl3N4OS. The van der Waals surface area contributed by atoms with E-state index in [0.717, 1.165) is 19.5 Å². The van der Waals surface area contributed by atoms with Crippen LogP contribution in [0, 0.1) is 0 Å². The van der Waals surface area contributed by atoms with Crippen molar-refractivity contribution in [3.05, 3.63) is 74.4 Å². The predicted molar refractivity (Wildman–Crippen MR) is 141 cm³/mol. The molecule has 0 saturated heterocycles. The Kier molecular flexibility index (Phi) is 7.88. The summed E-state index contributed by atoms with van der Waals surface area (Å²) in [6.45, 7) is 2.33. The van der Waals surface area contributed by atoms with Crippen molar-refractivity contribution in [2.45, 2.75) is 24.0 Å². The van der Waals surface area contributed by atoms with Crippen molar-refractivity contribution < 1.29 is 4.74 Å².